The lowest BCUT2D eigenvalue weighted by molar-refractivity contribution is 0.192. The van der Waals surface area contributed by atoms with Crippen LogP contribution in [0.2, 0.25) is 0 Å². The number of hydrogen-bond acceptors (Lipinski definition) is 5. The van der Waals surface area contributed by atoms with Gasteiger partial charge in [0, 0.05) is 28.7 Å². The van der Waals surface area contributed by atoms with Gasteiger partial charge in [0.05, 0.1) is 18.5 Å². The fraction of sp³-hybridized carbons (Fsp3) is 0.217. The summed E-state index contributed by atoms with van der Waals surface area (Å²) in [6.07, 6.45) is 3.88. The molecule has 0 radical (unpaired) electrons. The highest BCUT2D eigenvalue weighted by Crippen LogP contribution is 2.26. The first-order chi connectivity index (χ1) is 15.0. The third kappa shape index (κ3) is 5.08. The topological polar surface area (TPSA) is 82.5 Å². The van der Waals surface area contributed by atoms with Crippen LogP contribution in [0.4, 0.5) is 16.3 Å². The number of carbonyl (C=O) groups excluding carboxylic acids is 1. The van der Waals surface area contributed by atoms with Crippen LogP contribution in [-0.2, 0) is 13.0 Å². The number of nitrogens with zero attached hydrogens (tertiary/aromatic N) is 4. The molecule has 7 nitrogen and oxygen atoms in total. The van der Waals surface area contributed by atoms with E-state index in [0.717, 1.165) is 27.0 Å². The second-order valence-corrected chi connectivity index (χ2v) is 8.39. The lowest BCUT2D eigenvalue weighted by Gasteiger charge is -2.28. The molecule has 4 rings (SSSR count). The van der Waals surface area contributed by atoms with Crippen LogP contribution in [0, 0.1) is 13.8 Å². The molecule has 0 saturated heterocycles. The Labute approximate surface area is 189 Å². The van der Waals surface area contributed by atoms with Crippen LogP contribution in [0.25, 0.3) is 0 Å². The lowest BCUT2D eigenvalue weighted by Crippen LogP contribution is -2.41. The van der Waals surface area contributed by atoms with Crippen LogP contribution in [0.5, 0.6) is 0 Å². The van der Waals surface area contributed by atoms with Gasteiger partial charge in [-0.3, -0.25) is 0 Å². The number of rotatable bonds is 4. The number of hydrogen-bond donors (Lipinski definition) is 2. The monoisotopic (exact) mass is 478 g/mol. The number of halogens is 1. The Kier molecular flexibility index (Phi) is 6.27. The van der Waals surface area contributed by atoms with Crippen molar-refractivity contribution in [1.82, 2.24) is 20.3 Å². The number of carbonyl (C=O) groups is 1. The van der Waals surface area contributed by atoms with Crippen LogP contribution in [-0.4, -0.2) is 33.7 Å². The van der Waals surface area contributed by atoms with E-state index in [4.69, 9.17) is 0 Å². The number of hydrazone groups is 1. The molecular formula is C23H23BrN6O. The third-order valence-electron chi connectivity index (χ3n) is 5.28. The molecule has 2 heterocycles. The molecule has 2 amide bonds. The van der Waals surface area contributed by atoms with E-state index in [1.807, 2.05) is 42.5 Å². The summed E-state index contributed by atoms with van der Waals surface area (Å²) in [6.45, 7) is 5.11. The Bertz CT molecular complexity index is 1150. The molecule has 0 atom stereocenters. The van der Waals surface area contributed by atoms with E-state index in [-0.39, 0.29) is 6.03 Å². The average molecular weight is 479 g/mol. The molecule has 0 aliphatic carbocycles. The molecular weight excluding hydrogens is 456 g/mol. The van der Waals surface area contributed by atoms with E-state index in [2.05, 4.69) is 55.6 Å². The van der Waals surface area contributed by atoms with Crippen molar-refractivity contribution in [2.24, 2.45) is 5.10 Å². The molecule has 0 bridgehead atoms. The van der Waals surface area contributed by atoms with Gasteiger partial charge in [0.2, 0.25) is 0 Å². The van der Waals surface area contributed by atoms with Crippen molar-refractivity contribution in [2.45, 2.75) is 26.8 Å². The van der Waals surface area contributed by atoms with Crippen molar-refractivity contribution in [3.05, 3.63) is 81.2 Å². The summed E-state index contributed by atoms with van der Waals surface area (Å²) >= 11 is 3.48. The molecule has 3 aromatic rings. The van der Waals surface area contributed by atoms with Crippen molar-refractivity contribution in [3.8, 4) is 0 Å². The predicted octanol–water partition coefficient (Wildman–Crippen LogP) is 4.70. The van der Waals surface area contributed by atoms with Crippen LogP contribution < -0.4 is 10.7 Å². The minimum atomic E-state index is -0.247. The second kappa shape index (κ2) is 9.26. The van der Waals surface area contributed by atoms with Gasteiger partial charge in [-0.15, -0.1) is 0 Å². The lowest BCUT2D eigenvalue weighted by atomic mass is 10.1. The summed E-state index contributed by atoms with van der Waals surface area (Å²) in [7, 11) is 0. The van der Waals surface area contributed by atoms with Gasteiger partial charge in [-0.2, -0.15) is 5.10 Å². The average Bonchev–Trinajstić information content (AvgIpc) is 2.76. The normalized spacial score (nSPS) is 13.2. The van der Waals surface area contributed by atoms with Gasteiger partial charge in [0.25, 0.3) is 0 Å². The number of fused-ring (bicyclic) bond motifs is 1. The number of amides is 2. The number of aromatic nitrogens is 2. The Morgan fingerprint density at radius 3 is 2.84 bits per heavy atom. The molecule has 0 fully saturated rings. The van der Waals surface area contributed by atoms with E-state index >= 15 is 0 Å². The van der Waals surface area contributed by atoms with Gasteiger partial charge >= 0.3 is 6.03 Å². The molecule has 0 spiro atoms. The van der Waals surface area contributed by atoms with Crippen molar-refractivity contribution >= 4 is 39.7 Å². The molecule has 158 valence electrons. The number of anilines is 2. The van der Waals surface area contributed by atoms with E-state index < -0.39 is 0 Å². The highest BCUT2D eigenvalue weighted by atomic mass is 79.9. The SMILES string of the molecule is Cc1ccc(/C=N/NC(=O)N2CCc3ncnc(Nc4cccc(Br)c4)c3C2)cc1C. The van der Waals surface area contributed by atoms with Crippen molar-refractivity contribution in [2.75, 3.05) is 11.9 Å². The van der Waals surface area contributed by atoms with Gasteiger partial charge < -0.3 is 10.2 Å². The van der Waals surface area contributed by atoms with Crippen LogP contribution in [0.15, 0.2) is 58.4 Å². The van der Waals surface area contributed by atoms with Gasteiger partial charge in [-0.05, 0) is 48.7 Å². The summed E-state index contributed by atoms with van der Waals surface area (Å²) in [5.74, 6) is 0.708. The van der Waals surface area contributed by atoms with Gasteiger partial charge in [-0.1, -0.05) is 40.2 Å². The zero-order valence-corrected chi connectivity index (χ0v) is 19.0. The first kappa shape index (κ1) is 21.0. The summed E-state index contributed by atoms with van der Waals surface area (Å²) in [5.41, 5.74) is 8.77. The van der Waals surface area contributed by atoms with Crippen molar-refractivity contribution < 1.29 is 4.79 Å². The first-order valence-corrected chi connectivity index (χ1v) is 10.8. The van der Waals surface area contributed by atoms with E-state index in [0.29, 0.717) is 25.3 Å². The van der Waals surface area contributed by atoms with E-state index in [9.17, 15) is 4.79 Å². The standard InChI is InChI=1S/C23H23BrN6O/c1-15-6-7-17(10-16(15)2)12-27-29-23(31)30-9-8-21-20(13-30)22(26-14-25-21)28-19-5-3-4-18(24)11-19/h3-7,10-12,14H,8-9,13H2,1-2H3,(H,29,31)(H,25,26,28)/b27-12+. The minimum absolute atomic E-state index is 0.247. The van der Waals surface area contributed by atoms with E-state index in [1.165, 1.54) is 11.1 Å². The zero-order valence-electron chi connectivity index (χ0n) is 17.4. The Hall–Kier alpha value is -3.26. The minimum Gasteiger partial charge on any atom is -0.340 e. The van der Waals surface area contributed by atoms with Gasteiger partial charge in [0.1, 0.15) is 12.1 Å². The first-order valence-electron chi connectivity index (χ1n) is 10.00. The Morgan fingerprint density at radius 2 is 2.03 bits per heavy atom. The molecule has 31 heavy (non-hydrogen) atoms. The summed E-state index contributed by atoms with van der Waals surface area (Å²) in [4.78, 5) is 23.2. The highest BCUT2D eigenvalue weighted by molar-refractivity contribution is 9.10. The number of urea groups is 1. The summed E-state index contributed by atoms with van der Waals surface area (Å²) < 4.78 is 0.975. The third-order valence-corrected chi connectivity index (χ3v) is 5.77. The molecule has 1 aliphatic rings. The largest absolute Gasteiger partial charge is 0.340 e. The highest BCUT2D eigenvalue weighted by Gasteiger charge is 2.24. The number of aryl methyl sites for hydroxylation is 2. The summed E-state index contributed by atoms with van der Waals surface area (Å²) in [6, 6.07) is 13.7. The fourth-order valence-corrected chi connectivity index (χ4v) is 3.80. The van der Waals surface area contributed by atoms with Gasteiger partial charge in [0.15, 0.2) is 0 Å². The number of benzene rings is 2. The van der Waals surface area contributed by atoms with Crippen LogP contribution in [0.1, 0.15) is 27.9 Å². The predicted molar refractivity (Wildman–Crippen MR) is 126 cm³/mol. The Balaban J connectivity index is 1.44. The molecule has 8 heteroatoms. The summed E-state index contributed by atoms with van der Waals surface area (Å²) in [5, 5.41) is 7.46. The fourth-order valence-electron chi connectivity index (χ4n) is 3.40. The quantitative estimate of drug-likeness (QED) is 0.420. The van der Waals surface area contributed by atoms with E-state index in [1.54, 1.807) is 17.4 Å². The smallest absolute Gasteiger partial charge is 0.338 e. The second-order valence-electron chi connectivity index (χ2n) is 7.47. The molecule has 2 aromatic carbocycles. The zero-order chi connectivity index (χ0) is 21.8. The van der Waals surface area contributed by atoms with Gasteiger partial charge in [-0.25, -0.2) is 20.2 Å². The molecule has 1 aromatic heterocycles. The Morgan fingerprint density at radius 1 is 1.16 bits per heavy atom. The maximum Gasteiger partial charge on any atom is 0.338 e. The molecule has 0 saturated carbocycles. The molecule has 0 unspecified atom stereocenters. The molecule has 1 aliphatic heterocycles. The van der Waals surface area contributed by atoms with Crippen LogP contribution >= 0.6 is 15.9 Å². The van der Waals surface area contributed by atoms with Crippen molar-refractivity contribution in [3.63, 3.8) is 0 Å². The number of nitrogens with one attached hydrogen (secondary N) is 2. The molecule has 2 N–H and O–H groups in total. The van der Waals surface area contributed by atoms with Crippen LogP contribution in [0.3, 0.4) is 0 Å². The maximum atomic E-state index is 12.7. The maximum absolute atomic E-state index is 12.7. The van der Waals surface area contributed by atoms with Crippen molar-refractivity contribution in [1.29, 1.82) is 0 Å².